The Labute approximate surface area is 96.6 Å². The summed E-state index contributed by atoms with van der Waals surface area (Å²) in [5.41, 5.74) is 1.27. The maximum Gasteiger partial charge on any atom is 0.401 e. The molecule has 7 heteroatoms. The van der Waals surface area contributed by atoms with E-state index in [1.807, 2.05) is 6.92 Å². The van der Waals surface area contributed by atoms with Crippen molar-refractivity contribution in [2.24, 2.45) is 7.05 Å². The Bertz CT molecular complexity index is 360. The largest absolute Gasteiger partial charge is 0.401 e. The molecule has 0 amide bonds. The first kappa shape index (κ1) is 13.3. The van der Waals surface area contributed by atoms with Crippen molar-refractivity contribution < 1.29 is 13.2 Å². The molecule has 1 aromatic rings. The average Bonchev–Trinajstić information content (AvgIpc) is 2.42. The van der Waals surface area contributed by atoms with Gasteiger partial charge in [-0.1, -0.05) is 18.5 Å². The van der Waals surface area contributed by atoms with E-state index in [9.17, 15) is 13.2 Å². The molecule has 0 saturated heterocycles. The van der Waals surface area contributed by atoms with E-state index >= 15 is 0 Å². The Morgan fingerprint density at radius 3 is 2.50 bits per heavy atom. The summed E-state index contributed by atoms with van der Waals surface area (Å²) in [5.74, 6) is 0. The minimum atomic E-state index is -4.21. The average molecular weight is 256 g/mol. The lowest BCUT2D eigenvalue weighted by Gasteiger charge is -2.08. The van der Waals surface area contributed by atoms with Crippen LogP contribution in [0.3, 0.4) is 0 Å². The molecule has 0 fully saturated rings. The highest BCUT2D eigenvalue weighted by Crippen LogP contribution is 2.21. The predicted molar refractivity (Wildman–Crippen MR) is 55.4 cm³/mol. The Morgan fingerprint density at radius 1 is 1.44 bits per heavy atom. The van der Waals surface area contributed by atoms with Crippen LogP contribution >= 0.6 is 11.6 Å². The van der Waals surface area contributed by atoms with Gasteiger partial charge in [0.05, 0.1) is 23.0 Å². The number of halogens is 4. The van der Waals surface area contributed by atoms with Crippen molar-refractivity contribution in [2.45, 2.75) is 26.1 Å². The van der Waals surface area contributed by atoms with Crippen LogP contribution in [0.25, 0.3) is 0 Å². The minimum absolute atomic E-state index is 0.0574. The molecular weight excluding hydrogens is 243 g/mol. The first-order valence-corrected chi connectivity index (χ1v) is 5.20. The molecule has 0 aliphatic heterocycles. The second-order valence-corrected chi connectivity index (χ2v) is 3.78. The summed E-state index contributed by atoms with van der Waals surface area (Å²) in [5, 5.41) is 6.84. The van der Waals surface area contributed by atoms with Crippen LogP contribution in [0.2, 0.25) is 5.02 Å². The zero-order valence-electron chi connectivity index (χ0n) is 9.03. The van der Waals surface area contributed by atoms with Gasteiger partial charge in [0.25, 0.3) is 0 Å². The first-order chi connectivity index (χ1) is 7.35. The number of nitrogens with zero attached hydrogens (tertiary/aromatic N) is 2. The topological polar surface area (TPSA) is 29.9 Å². The minimum Gasteiger partial charge on any atom is -0.303 e. The Balaban J connectivity index is 2.64. The number of nitrogens with one attached hydrogen (secondary N) is 1. The molecule has 0 aliphatic rings. The molecule has 0 aliphatic carbocycles. The molecule has 1 rings (SSSR count). The third-order valence-electron chi connectivity index (χ3n) is 2.12. The highest BCUT2D eigenvalue weighted by Gasteiger charge is 2.26. The summed E-state index contributed by atoms with van der Waals surface area (Å²) < 4.78 is 37.2. The van der Waals surface area contributed by atoms with Crippen LogP contribution in [0, 0.1) is 0 Å². The van der Waals surface area contributed by atoms with Crippen molar-refractivity contribution in [2.75, 3.05) is 6.54 Å². The van der Waals surface area contributed by atoms with E-state index in [4.69, 9.17) is 11.6 Å². The fourth-order valence-corrected chi connectivity index (χ4v) is 1.70. The second-order valence-electron chi connectivity index (χ2n) is 3.40. The van der Waals surface area contributed by atoms with Crippen LogP contribution in [0.1, 0.15) is 18.3 Å². The van der Waals surface area contributed by atoms with Gasteiger partial charge in [0, 0.05) is 13.6 Å². The highest BCUT2D eigenvalue weighted by molar-refractivity contribution is 6.31. The van der Waals surface area contributed by atoms with Crippen LogP contribution in [0.5, 0.6) is 0 Å². The Hall–Kier alpha value is -0.750. The van der Waals surface area contributed by atoms with Crippen molar-refractivity contribution in [1.29, 1.82) is 0 Å². The van der Waals surface area contributed by atoms with E-state index in [0.717, 1.165) is 0 Å². The molecule has 0 aromatic carbocycles. The summed E-state index contributed by atoms with van der Waals surface area (Å²) in [6, 6.07) is 0. The number of aryl methyl sites for hydroxylation is 2. The monoisotopic (exact) mass is 255 g/mol. The van der Waals surface area contributed by atoms with Gasteiger partial charge in [0.2, 0.25) is 0 Å². The fourth-order valence-electron chi connectivity index (χ4n) is 1.33. The fraction of sp³-hybridized carbons (Fsp3) is 0.667. The Morgan fingerprint density at radius 2 is 2.06 bits per heavy atom. The molecule has 0 spiro atoms. The standard InChI is InChI=1S/C9H13ClF3N3/c1-3-6-8(10)7(16(2)15-6)4-14-5-9(11,12)13/h14H,3-5H2,1-2H3. The first-order valence-electron chi connectivity index (χ1n) is 4.83. The van der Waals surface area contributed by atoms with Gasteiger partial charge < -0.3 is 5.32 Å². The lowest BCUT2D eigenvalue weighted by Crippen LogP contribution is -2.29. The van der Waals surface area contributed by atoms with Gasteiger partial charge in [-0.05, 0) is 6.42 Å². The Kier molecular flexibility index (Phi) is 4.21. The van der Waals surface area contributed by atoms with Crippen LogP contribution in [0.4, 0.5) is 13.2 Å². The lowest BCUT2D eigenvalue weighted by molar-refractivity contribution is -0.125. The molecule has 16 heavy (non-hydrogen) atoms. The predicted octanol–water partition coefficient (Wildman–Crippen LogP) is 2.29. The molecule has 0 saturated carbocycles. The maximum atomic E-state index is 11.9. The molecule has 0 radical (unpaired) electrons. The van der Waals surface area contributed by atoms with Gasteiger partial charge in [-0.3, -0.25) is 4.68 Å². The van der Waals surface area contributed by atoms with Gasteiger partial charge in [-0.2, -0.15) is 18.3 Å². The van der Waals surface area contributed by atoms with Gasteiger partial charge in [0.1, 0.15) is 0 Å². The SMILES string of the molecule is CCc1nn(C)c(CNCC(F)(F)F)c1Cl. The van der Waals surface area contributed by atoms with Crippen molar-refractivity contribution >= 4 is 11.6 Å². The summed E-state index contributed by atoms with van der Waals surface area (Å²) in [6.45, 7) is 0.916. The molecule has 0 bridgehead atoms. The highest BCUT2D eigenvalue weighted by atomic mass is 35.5. The van der Waals surface area contributed by atoms with E-state index < -0.39 is 12.7 Å². The van der Waals surface area contributed by atoms with Gasteiger partial charge >= 0.3 is 6.18 Å². The normalized spacial score (nSPS) is 12.1. The van der Waals surface area contributed by atoms with Crippen LogP contribution < -0.4 is 5.32 Å². The van der Waals surface area contributed by atoms with Gasteiger partial charge in [-0.25, -0.2) is 0 Å². The van der Waals surface area contributed by atoms with E-state index in [2.05, 4.69) is 10.4 Å². The van der Waals surface area contributed by atoms with Crippen molar-refractivity contribution in [3.8, 4) is 0 Å². The second kappa shape index (κ2) is 5.05. The van der Waals surface area contributed by atoms with E-state index in [1.165, 1.54) is 4.68 Å². The van der Waals surface area contributed by atoms with E-state index in [0.29, 0.717) is 22.8 Å². The zero-order valence-corrected chi connectivity index (χ0v) is 9.78. The quantitative estimate of drug-likeness (QED) is 0.895. The number of hydrogen-bond donors (Lipinski definition) is 1. The third-order valence-corrected chi connectivity index (χ3v) is 2.56. The lowest BCUT2D eigenvalue weighted by atomic mass is 10.3. The number of hydrogen-bond acceptors (Lipinski definition) is 2. The molecule has 1 N–H and O–H groups in total. The molecule has 1 aromatic heterocycles. The molecule has 3 nitrogen and oxygen atoms in total. The summed E-state index contributed by atoms with van der Waals surface area (Å²) in [7, 11) is 1.66. The van der Waals surface area contributed by atoms with Crippen molar-refractivity contribution in [1.82, 2.24) is 15.1 Å². The summed E-state index contributed by atoms with van der Waals surface area (Å²) in [4.78, 5) is 0. The van der Waals surface area contributed by atoms with Gasteiger partial charge in [-0.15, -0.1) is 0 Å². The summed E-state index contributed by atoms with van der Waals surface area (Å²) >= 11 is 5.98. The molecule has 1 heterocycles. The molecular formula is C9H13ClF3N3. The summed E-state index contributed by atoms with van der Waals surface area (Å²) in [6.07, 6.45) is -3.55. The van der Waals surface area contributed by atoms with Crippen molar-refractivity contribution in [3.05, 3.63) is 16.4 Å². The van der Waals surface area contributed by atoms with Crippen LogP contribution in [-0.4, -0.2) is 22.5 Å². The third kappa shape index (κ3) is 3.38. The van der Waals surface area contributed by atoms with Crippen LogP contribution in [-0.2, 0) is 20.0 Å². The number of rotatable bonds is 4. The van der Waals surface area contributed by atoms with E-state index in [-0.39, 0.29) is 6.54 Å². The smallest absolute Gasteiger partial charge is 0.303 e. The molecule has 0 atom stereocenters. The van der Waals surface area contributed by atoms with Gasteiger partial charge in [0.15, 0.2) is 0 Å². The zero-order chi connectivity index (χ0) is 12.3. The van der Waals surface area contributed by atoms with Crippen molar-refractivity contribution in [3.63, 3.8) is 0 Å². The number of aromatic nitrogens is 2. The molecule has 92 valence electrons. The van der Waals surface area contributed by atoms with E-state index in [1.54, 1.807) is 7.05 Å². The van der Waals surface area contributed by atoms with Crippen LogP contribution in [0.15, 0.2) is 0 Å². The maximum absolute atomic E-state index is 11.9. The molecule has 0 unspecified atom stereocenters. The number of alkyl halides is 3.